The number of hydrogen-bond donors (Lipinski definition) is 1. The van der Waals surface area contributed by atoms with Crippen molar-refractivity contribution in [1.82, 2.24) is 19.7 Å². The summed E-state index contributed by atoms with van der Waals surface area (Å²) in [6.07, 6.45) is -4.47. The summed E-state index contributed by atoms with van der Waals surface area (Å²) in [5.41, 5.74) is -0.835. The number of rotatable bonds is 4. The quantitative estimate of drug-likeness (QED) is 0.858. The average molecular weight is 384 g/mol. The van der Waals surface area contributed by atoms with E-state index in [4.69, 9.17) is 4.74 Å². The predicted octanol–water partition coefficient (Wildman–Crippen LogP) is 1.48. The maximum Gasteiger partial charge on any atom is 0.416 e. The number of carbonyl (C=O) groups is 2. The van der Waals surface area contributed by atoms with Crippen LogP contribution in [0.1, 0.15) is 17.2 Å². The van der Waals surface area contributed by atoms with Gasteiger partial charge in [0.05, 0.1) is 18.7 Å². The molecule has 0 saturated heterocycles. The fourth-order valence-corrected chi connectivity index (χ4v) is 2.75. The number of aromatic nitrogens is 3. The van der Waals surface area contributed by atoms with Crippen LogP contribution in [0, 0.1) is 6.92 Å². The van der Waals surface area contributed by atoms with Crippen molar-refractivity contribution in [3.63, 3.8) is 0 Å². The number of aryl methyl sites for hydroxylation is 1. The third-order valence-electron chi connectivity index (χ3n) is 4.21. The maximum atomic E-state index is 12.5. The molecule has 0 aliphatic carbocycles. The molecular formula is C16H15F3N4O4. The summed E-state index contributed by atoms with van der Waals surface area (Å²) in [7, 11) is 0. The van der Waals surface area contributed by atoms with Crippen LogP contribution in [0.2, 0.25) is 0 Å². The molecule has 0 spiro atoms. The molecule has 1 N–H and O–H groups in total. The standard InChI is InChI=1S/C16H15F3N4O4/c1-9-20-21-13-7-23(12(15(25)26)6-22(9)13)14(24)8-27-11-4-2-10(3-5-11)16(17,18)19/h2-5,12H,6-8H2,1H3,(H,25,26). The summed E-state index contributed by atoms with van der Waals surface area (Å²) in [5, 5.41) is 17.2. The van der Waals surface area contributed by atoms with E-state index >= 15 is 0 Å². The normalized spacial score (nSPS) is 16.7. The number of carboxylic acid groups (broad SMARTS) is 1. The van der Waals surface area contributed by atoms with E-state index in [0.717, 1.165) is 29.2 Å². The molecular weight excluding hydrogens is 369 g/mol. The topological polar surface area (TPSA) is 97.5 Å². The lowest BCUT2D eigenvalue weighted by Crippen LogP contribution is -2.52. The fraction of sp³-hybridized carbons (Fsp3) is 0.375. The van der Waals surface area contributed by atoms with Crippen LogP contribution in [-0.2, 0) is 28.9 Å². The average Bonchev–Trinajstić information content (AvgIpc) is 2.98. The van der Waals surface area contributed by atoms with Gasteiger partial charge in [0.1, 0.15) is 17.6 Å². The molecule has 1 aliphatic rings. The highest BCUT2D eigenvalue weighted by Crippen LogP contribution is 2.30. The summed E-state index contributed by atoms with van der Waals surface area (Å²) in [6.45, 7) is 1.13. The van der Waals surface area contributed by atoms with Crippen LogP contribution in [0.15, 0.2) is 24.3 Å². The van der Waals surface area contributed by atoms with Gasteiger partial charge in [-0.25, -0.2) is 4.79 Å². The molecule has 2 aromatic rings. The minimum absolute atomic E-state index is 0.00944. The molecule has 8 nitrogen and oxygen atoms in total. The van der Waals surface area contributed by atoms with Gasteiger partial charge in [-0.05, 0) is 31.2 Å². The summed E-state index contributed by atoms with van der Waals surface area (Å²) in [4.78, 5) is 25.1. The Morgan fingerprint density at radius 1 is 1.26 bits per heavy atom. The molecule has 11 heteroatoms. The van der Waals surface area contributed by atoms with E-state index in [1.165, 1.54) is 0 Å². The molecule has 0 saturated carbocycles. The van der Waals surface area contributed by atoms with E-state index in [1.807, 2.05) is 0 Å². The van der Waals surface area contributed by atoms with Crippen molar-refractivity contribution in [3.05, 3.63) is 41.5 Å². The third-order valence-corrected chi connectivity index (χ3v) is 4.21. The number of fused-ring (bicyclic) bond motifs is 1. The monoisotopic (exact) mass is 384 g/mol. The molecule has 3 rings (SSSR count). The SMILES string of the molecule is Cc1nnc2n1CC(C(=O)O)N(C(=O)COc1ccc(C(F)(F)F)cc1)C2. The van der Waals surface area contributed by atoms with Gasteiger partial charge in [-0.2, -0.15) is 13.2 Å². The smallest absolute Gasteiger partial charge is 0.416 e. The lowest BCUT2D eigenvalue weighted by Gasteiger charge is -2.33. The van der Waals surface area contributed by atoms with E-state index in [2.05, 4.69) is 10.2 Å². The van der Waals surface area contributed by atoms with E-state index in [9.17, 15) is 27.9 Å². The number of halogens is 3. The second kappa shape index (κ2) is 6.89. The van der Waals surface area contributed by atoms with Gasteiger partial charge in [0, 0.05) is 0 Å². The maximum absolute atomic E-state index is 12.5. The molecule has 2 heterocycles. The molecule has 1 aliphatic heterocycles. The van der Waals surface area contributed by atoms with Crippen LogP contribution >= 0.6 is 0 Å². The first-order valence-corrected chi connectivity index (χ1v) is 7.88. The lowest BCUT2D eigenvalue weighted by molar-refractivity contribution is -0.153. The van der Waals surface area contributed by atoms with Crippen LogP contribution in [-0.4, -0.2) is 49.3 Å². The molecule has 1 aromatic heterocycles. The number of carbonyl (C=O) groups excluding carboxylic acids is 1. The van der Waals surface area contributed by atoms with E-state index in [-0.39, 0.29) is 18.8 Å². The summed E-state index contributed by atoms with van der Waals surface area (Å²) >= 11 is 0. The van der Waals surface area contributed by atoms with Crippen LogP contribution in [0.5, 0.6) is 5.75 Å². The highest BCUT2D eigenvalue weighted by atomic mass is 19.4. The van der Waals surface area contributed by atoms with E-state index < -0.39 is 36.3 Å². The number of amides is 1. The molecule has 1 atom stereocenters. The van der Waals surface area contributed by atoms with Crippen molar-refractivity contribution in [1.29, 1.82) is 0 Å². The Hall–Kier alpha value is -3.11. The Morgan fingerprint density at radius 2 is 1.93 bits per heavy atom. The number of aliphatic carboxylic acids is 1. The second-order valence-electron chi connectivity index (χ2n) is 5.96. The minimum atomic E-state index is -4.47. The molecule has 0 fully saturated rings. The molecule has 0 radical (unpaired) electrons. The number of benzene rings is 1. The number of carboxylic acids is 1. The second-order valence-corrected chi connectivity index (χ2v) is 5.96. The van der Waals surface area contributed by atoms with Gasteiger partial charge in [0.15, 0.2) is 12.4 Å². The molecule has 0 bridgehead atoms. The van der Waals surface area contributed by atoms with Gasteiger partial charge in [0.2, 0.25) is 0 Å². The zero-order valence-electron chi connectivity index (χ0n) is 14.1. The fourth-order valence-electron chi connectivity index (χ4n) is 2.75. The Kier molecular flexibility index (Phi) is 4.77. The highest BCUT2D eigenvalue weighted by Gasteiger charge is 2.36. The van der Waals surface area contributed by atoms with Crippen molar-refractivity contribution in [2.24, 2.45) is 0 Å². The summed E-state index contributed by atoms with van der Waals surface area (Å²) in [6, 6.07) is 2.76. The predicted molar refractivity (Wildman–Crippen MR) is 83.7 cm³/mol. The van der Waals surface area contributed by atoms with Crippen LogP contribution in [0.25, 0.3) is 0 Å². The van der Waals surface area contributed by atoms with Crippen LogP contribution < -0.4 is 4.74 Å². The van der Waals surface area contributed by atoms with E-state index in [0.29, 0.717) is 11.6 Å². The summed E-state index contributed by atoms with van der Waals surface area (Å²) in [5.74, 6) is -0.734. The van der Waals surface area contributed by atoms with E-state index in [1.54, 1.807) is 11.5 Å². The van der Waals surface area contributed by atoms with Gasteiger partial charge in [-0.3, -0.25) is 4.79 Å². The van der Waals surface area contributed by atoms with Crippen molar-refractivity contribution in [2.75, 3.05) is 6.61 Å². The van der Waals surface area contributed by atoms with Crippen LogP contribution in [0.4, 0.5) is 13.2 Å². The summed E-state index contributed by atoms with van der Waals surface area (Å²) < 4.78 is 44.5. The Bertz CT molecular complexity index is 864. The number of alkyl halides is 3. The number of hydrogen-bond acceptors (Lipinski definition) is 5. The number of nitrogens with zero attached hydrogens (tertiary/aromatic N) is 4. The molecule has 27 heavy (non-hydrogen) atoms. The van der Waals surface area contributed by atoms with Crippen LogP contribution in [0.3, 0.4) is 0 Å². The van der Waals surface area contributed by atoms with Gasteiger partial charge in [0.25, 0.3) is 5.91 Å². The zero-order valence-corrected chi connectivity index (χ0v) is 14.1. The molecule has 1 unspecified atom stereocenters. The Morgan fingerprint density at radius 3 is 2.52 bits per heavy atom. The van der Waals surface area contributed by atoms with Gasteiger partial charge >= 0.3 is 12.1 Å². The first kappa shape index (κ1) is 18.7. The van der Waals surface area contributed by atoms with Crippen molar-refractivity contribution in [3.8, 4) is 5.75 Å². The lowest BCUT2D eigenvalue weighted by atomic mass is 10.2. The highest BCUT2D eigenvalue weighted by molar-refractivity contribution is 5.84. The van der Waals surface area contributed by atoms with Gasteiger partial charge in [-0.1, -0.05) is 0 Å². The zero-order chi connectivity index (χ0) is 19.8. The first-order valence-electron chi connectivity index (χ1n) is 7.88. The van der Waals surface area contributed by atoms with Crippen molar-refractivity contribution >= 4 is 11.9 Å². The van der Waals surface area contributed by atoms with Crippen molar-refractivity contribution in [2.45, 2.75) is 32.2 Å². The molecule has 1 aromatic carbocycles. The molecule has 144 valence electrons. The largest absolute Gasteiger partial charge is 0.484 e. The van der Waals surface area contributed by atoms with Gasteiger partial charge in [-0.15, -0.1) is 10.2 Å². The number of ether oxygens (including phenoxy) is 1. The third kappa shape index (κ3) is 3.86. The first-order chi connectivity index (χ1) is 12.7. The van der Waals surface area contributed by atoms with Crippen molar-refractivity contribution < 1.29 is 32.6 Å². The molecule has 1 amide bonds. The van der Waals surface area contributed by atoms with Gasteiger partial charge < -0.3 is 19.3 Å². The minimum Gasteiger partial charge on any atom is -0.484 e. The Balaban J connectivity index is 1.68. The Labute approximate surface area is 151 Å².